The van der Waals surface area contributed by atoms with Gasteiger partial charge in [0, 0.05) is 24.2 Å². The maximum absolute atomic E-state index is 12.9. The molecule has 0 aliphatic carbocycles. The summed E-state index contributed by atoms with van der Waals surface area (Å²) >= 11 is 4.87. The molecule has 1 aliphatic rings. The molecule has 182 valence electrons. The molecule has 0 bridgehead atoms. The standard InChI is InChI=1S/C24H28N2O7S/c1-4-7-31-19-11-16(22(29)32-8-5-2)10-18(13-19)26-21(28)20-12-17(14-25-20)24(15-27,23(30)34)33-9-6-3/h4-6,10-11,13,15,17,20,25H,1-3,7-9,12,14H2,(H,26,28)(H,30,34). The van der Waals surface area contributed by atoms with Gasteiger partial charge in [0.15, 0.2) is 16.9 Å². The summed E-state index contributed by atoms with van der Waals surface area (Å²) in [5, 5.41) is 15.1. The average molecular weight is 489 g/mol. The van der Waals surface area contributed by atoms with Crippen molar-refractivity contribution < 1.29 is 33.7 Å². The maximum Gasteiger partial charge on any atom is 0.338 e. The number of esters is 1. The number of hydrogen-bond acceptors (Lipinski definition) is 8. The molecule has 1 aromatic rings. The largest absolute Gasteiger partial charge is 0.500 e. The molecule has 1 aromatic carbocycles. The van der Waals surface area contributed by atoms with Crippen LogP contribution < -0.4 is 15.4 Å². The van der Waals surface area contributed by atoms with E-state index < -0.39 is 34.5 Å². The van der Waals surface area contributed by atoms with Crippen molar-refractivity contribution in [1.29, 1.82) is 0 Å². The number of ether oxygens (including phenoxy) is 3. The third kappa shape index (κ3) is 6.60. The maximum atomic E-state index is 12.9. The van der Waals surface area contributed by atoms with Gasteiger partial charge in [-0.15, -0.1) is 6.58 Å². The van der Waals surface area contributed by atoms with Gasteiger partial charge < -0.3 is 30.0 Å². The number of anilines is 1. The molecule has 1 aliphatic heterocycles. The van der Waals surface area contributed by atoms with E-state index in [1.54, 1.807) is 12.1 Å². The first-order valence-corrected chi connectivity index (χ1v) is 10.9. The Kier molecular flexibility index (Phi) is 10.1. The van der Waals surface area contributed by atoms with Crippen LogP contribution in [-0.4, -0.2) is 66.3 Å². The van der Waals surface area contributed by atoms with Crippen LogP contribution in [0.4, 0.5) is 5.69 Å². The van der Waals surface area contributed by atoms with Gasteiger partial charge in [-0.1, -0.05) is 31.4 Å². The van der Waals surface area contributed by atoms with Crippen LogP contribution in [0.5, 0.6) is 5.75 Å². The molecular weight excluding hydrogens is 460 g/mol. The molecule has 34 heavy (non-hydrogen) atoms. The molecule has 1 amide bonds. The fourth-order valence-corrected chi connectivity index (χ4v) is 3.74. The van der Waals surface area contributed by atoms with Crippen LogP contribution in [0.25, 0.3) is 0 Å². The highest BCUT2D eigenvalue weighted by Gasteiger charge is 2.48. The second kappa shape index (κ2) is 12.8. The number of benzene rings is 1. The Labute approximate surface area is 203 Å². The van der Waals surface area contributed by atoms with E-state index in [1.807, 2.05) is 0 Å². The van der Waals surface area contributed by atoms with Gasteiger partial charge in [-0.25, -0.2) is 4.79 Å². The zero-order chi connectivity index (χ0) is 25.1. The summed E-state index contributed by atoms with van der Waals surface area (Å²) in [4.78, 5) is 37.1. The monoisotopic (exact) mass is 488 g/mol. The lowest BCUT2D eigenvalue weighted by Gasteiger charge is -2.31. The van der Waals surface area contributed by atoms with Gasteiger partial charge in [0.1, 0.15) is 19.0 Å². The highest BCUT2D eigenvalue weighted by atomic mass is 32.1. The Bertz CT molecular complexity index is 965. The summed E-state index contributed by atoms with van der Waals surface area (Å²) < 4.78 is 16.1. The molecule has 3 N–H and O–H groups in total. The summed E-state index contributed by atoms with van der Waals surface area (Å²) in [6.45, 7) is 11.1. The van der Waals surface area contributed by atoms with Crippen molar-refractivity contribution in [3.05, 3.63) is 61.7 Å². The Morgan fingerprint density at radius 2 is 1.88 bits per heavy atom. The summed E-state index contributed by atoms with van der Waals surface area (Å²) in [6, 6.07) is 3.80. The summed E-state index contributed by atoms with van der Waals surface area (Å²) in [5.74, 6) is -1.26. The first kappa shape index (κ1) is 26.9. The molecule has 2 rings (SSSR count). The Morgan fingerprint density at radius 1 is 1.18 bits per heavy atom. The predicted molar refractivity (Wildman–Crippen MR) is 131 cm³/mol. The van der Waals surface area contributed by atoms with Crippen molar-refractivity contribution >= 4 is 41.1 Å². The molecule has 10 heteroatoms. The van der Waals surface area contributed by atoms with E-state index in [0.717, 1.165) is 0 Å². The van der Waals surface area contributed by atoms with E-state index in [4.69, 9.17) is 26.4 Å². The third-order valence-electron chi connectivity index (χ3n) is 5.11. The molecule has 0 saturated carbocycles. The minimum absolute atomic E-state index is 0.00493. The number of amides is 1. The first-order chi connectivity index (χ1) is 16.3. The number of aliphatic hydroxyl groups is 1. The number of aldehydes is 1. The second-order valence-corrected chi connectivity index (χ2v) is 7.82. The second-order valence-electron chi connectivity index (χ2n) is 7.43. The van der Waals surface area contributed by atoms with Crippen molar-refractivity contribution in [2.24, 2.45) is 5.92 Å². The van der Waals surface area contributed by atoms with Crippen molar-refractivity contribution in [1.82, 2.24) is 5.32 Å². The number of nitrogens with one attached hydrogen (secondary N) is 2. The van der Waals surface area contributed by atoms with E-state index in [9.17, 15) is 19.5 Å². The molecule has 3 unspecified atom stereocenters. The van der Waals surface area contributed by atoms with Crippen molar-refractivity contribution in [2.75, 3.05) is 31.7 Å². The third-order valence-corrected chi connectivity index (χ3v) is 5.43. The quantitative estimate of drug-likeness (QED) is 0.157. The number of carbonyl (C=O) groups is 3. The average Bonchev–Trinajstić information content (AvgIpc) is 3.32. The molecular formula is C24H28N2O7S. The normalized spacial score (nSPS) is 18.7. The fourth-order valence-electron chi connectivity index (χ4n) is 3.47. The van der Waals surface area contributed by atoms with Crippen molar-refractivity contribution in [3.63, 3.8) is 0 Å². The molecule has 9 nitrogen and oxygen atoms in total. The number of aliphatic hydroxyl groups excluding tert-OH is 1. The lowest BCUT2D eigenvalue weighted by atomic mass is 9.86. The Balaban J connectivity index is 2.19. The Morgan fingerprint density at radius 3 is 2.50 bits per heavy atom. The van der Waals surface area contributed by atoms with E-state index >= 15 is 0 Å². The van der Waals surface area contributed by atoms with Gasteiger partial charge in [-0.05, 0) is 30.8 Å². The van der Waals surface area contributed by atoms with Crippen LogP contribution in [0.2, 0.25) is 0 Å². The Hall–Kier alpha value is -3.34. The zero-order valence-corrected chi connectivity index (χ0v) is 19.5. The zero-order valence-electron chi connectivity index (χ0n) is 18.7. The summed E-state index contributed by atoms with van der Waals surface area (Å²) in [7, 11) is 0. The SMILES string of the molecule is C=CCOC(=O)c1cc(NC(=O)C2CC(C(C=O)(OCC=C)C(O)=S)CN2)cc(OCC=C)c1. The predicted octanol–water partition coefficient (Wildman–Crippen LogP) is 2.54. The molecule has 0 spiro atoms. The highest BCUT2D eigenvalue weighted by Crippen LogP contribution is 2.31. The van der Waals surface area contributed by atoms with Crippen LogP contribution in [0.1, 0.15) is 16.8 Å². The summed E-state index contributed by atoms with van der Waals surface area (Å²) in [5.41, 5.74) is -1.24. The van der Waals surface area contributed by atoms with E-state index in [1.165, 1.54) is 24.3 Å². The number of thiocarbonyl (C=S) groups is 1. The van der Waals surface area contributed by atoms with Gasteiger partial charge in [0.2, 0.25) is 5.91 Å². The lowest BCUT2D eigenvalue weighted by molar-refractivity contribution is -0.128. The molecule has 3 atom stereocenters. The lowest BCUT2D eigenvalue weighted by Crippen LogP contribution is -2.50. The minimum atomic E-state index is -1.73. The smallest absolute Gasteiger partial charge is 0.338 e. The number of hydrogen-bond donors (Lipinski definition) is 3. The van der Waals surface area contributed by atoms with E-state index in [0.29, 0.717) is 17.7 Å². The molecule has 1 fully saturated rings. The summed E-state index contributed by atoms with van der Waals surface area (Å²) in [6.07, 6.45) is 5.04. The van der Waals surface area contributed by atoms with Crippen LogP contribution in [0.15, 0.2) is 56.2 Å². The van der Waals surface area contributed by atoms with E-state index in [2.05, 4.69) is 30.4 Å². The van der Waals surface area contributed by atoms with Crippen LogP contribution in [-0.2, 0) is 19.1 Å². The van der Waals surface area contributed by atoms with Gasteiger partial charge in [-0.3, -0.25) is 9.59 Å². The van der Waals surface area contributed by atoms with Gasteiger partial charge >= 0.3 is 5.97 Å². The topological polar surface area (TPSA) is 123 Å². The van der Waals surface area contributed by atoms with Gasteiger partial charge in [0.25, 0.3) is 0 Å². The van der Waals surface area contributed by atoms with Crippen LogP contribution in [0.3, 0.4) is 0 Å². The molecule has 0 radical (unpaired) electrons. The number of carbonyl (C=O) groups excluding carboxylic acids is 3. The molecule has 0 aromatic heterocycles. The van der Waals surface area contributed by atoms with Gasteiger partial charge in [-0.2, -0.15) is 0 Å². The minimum Gasteiger partial charge on any atom is -0.500 e. The van der Waals surface area contributed by atoms with Crippen LogP contribution >= 0.6 is 12.2 Å². The van der Waals surface area contributed by atoms with Crippen molar-refractivity contribution in [3.8, 4) is 5.75 Å². The molecule has 1 saturated heterocycles. The van der Waals surface area contributed by atoms with Crippen molar-refractivity contribution in [2.45, 2.75) is 18.1 Å². The number of rotatable bonds is 14. The van der Waals surface area contributed by atoms with Crippen LogP contribution in [0, 0.1) is 5.92 Å². The molecule has 1 heterocycles. The fraction of sp³-hybridized carbons (Fsp3) is 0.333. The van der Waals surface area contributed by atoms with E-state index in [-0.39, 0.29) is 38.3 Å². The highest BCUT2D eigenvalue weighted by molar-refractivity contribution is 7.80. The van der Waals surface area contributed by atoms with Gasteiger partial charge in [0.05, 0.1) is 18.2 Å². The first-order valence-electron chi connectivity index (χ1n) is 10.5.